The van der Waals surface area contributed by atoms with Crippen molar-refractivity contribution < 1.29 is 14.0 Å². The number of hydrogen-bond donors (Lipinski definition) is 2. The minimum absolute atomic E-state index is 0.000566. The lowest BCUT2D eigenvalue weighted by Crippen LogP contribution is -2.45. The van der Waals surface area contributed by atoms with Crippen molar-refractivity contribution in [1.82, 2.24) is 20.1 Å². The van der Waals surface area contributed by atoms with Gasteiger partial charge < -0.3 is 20.1 Å². The summed E-state index contributed by atoms with van der Waals surface area (Å²) in [5.74, 6) is -0.111. The van der Waals surface area contributed by atoms with Gasteiger partial charge in [-0.1, -0.05) is 55.0 Å². The molecule has 3 heterocycles. The quantitative estimate of drug-likeness (QED) is 0.214. The fourth-order valence-corrected chi connectivity index (χ4v) is 7.51. The number of nitrogens with one attached hydrogen (secondary N) is 2. The zero-order valence-corrected chi connectivity index (χ0v) is 24.5. The molecule has 2 aliphatic rings. The molecule has 218 valence electrons. The highest BCUT2D eigenvalue weighted by atomic mass is 32.1. The van der Waals surface area contributed by atoms with E-state index in [0.29, 0.717) is 6.42 Å². The maximum Gasteiger partial charge on any atom is 0.263 e. The molecule has 1 fully saturated rings. The molecule has 0 spiro atoms. The second kappa shape index (κ2) is 12.6. The van der Waals surface area contributed by atoms with E-state index in [9.17, 15) is 14.0 Å². The SMILES string of the molecule is O=C(NC1CCN(CCCCC2(C(=O)NCCF)c3ccccc3-c3ccccc32)CC1)c1sccc1-n1cccc1. The van der Waals surface area contributed by atoms with Gasteiger partial charge >= 0.3 is 0 Å². The Morgan fingerprint density at radius 2 is 1.57 bits per heavy atom. The number of piperidine rings is 1. The summed E-state index contributed by atoms with van der Waals surface area (Å²) in [5.41, 5.74) is 4.34. The van der Waals surface area contributed by atoms with E-state index in [4.69, 9.17) is 0 Å². The predicted molar refractivity (Wildman–Crippen MR) is 166 cm³/mol. The van der Waals surface area contributed by atoms with Crippen LogP contribution >= 0.6 is 11.3 Å². The third-order valence-electron chi connectivity index (χ3n) is 8.76. The van der Waals surface area contributed by atoms with E-state index in [1.807, 2.05) is 64.8 Å². The lowest BCUT2D eigenvalue weighted by Gasteiger charge is -2.33. The molecule has 0 radical (unpaired) electrons. The van der Waals surface area contributed by atoms with Crippen molar-refractivity contribution in [3.8, 4) is 16.8 Å². The van der Waals surface area contributed by atoms with Crippen LogP contribution in [0.25, 0.3) is 16.8 Å². The fraction of sp³-hybridized carbons (Fsp3) is 0.353. The number of carbonyl (C=O) groups is 2. The molecule has 2 aromatic heterocycles. The molecule has 1 aliphatic heterocycles. The summed E-state index contributed by atoms with van der Waals surface area (Å²) >= 11 is 1.48. The van der Waals surface area contributed by atoms with E-state index in [2.05, 4.69) is 39.8 Å². The van der Waals surface area contributed by atoms with Crippen LogP contribution in [0.1, 0.15) is 52.9 Å². The molecule has 0 unspecified atom stereocenters. The van der Waals surface area contributed by atoms with E-state index in [0.717, 1.165) is 78.1 Å². The summed E-state index contributed by atoms with van der Waals surface area (Å²) in [4.78, 5) is 30.0. The molecule has 2 aromatic carbocycles. The second-order valence-electron chi connectivity index (χ2n) is 11.2. The number of hydrogen-bond acceptors (Lipinski definition) is 4. The number of thiophene rings is 1. The molecular weight excluding hydrogens is 547 g/mol. The summed E-state index contributed by atoms with van der Waals surface area (Å²) in [6, 6.07) is 22.4. The van der Waals surface area contributed by atoms with Gasteiger partial charge in [0.2, 0.25) is 5.91 Å². The monoisotopic (exact) mass is 584 g/mol. The first-order valence-corrected chi connectivity index (χ1v) is 15.8. The Morgan fingerprint density at radius 1 is 0.905 bits per heavy atom. The number of benzene rings is 2. The van der Waals surface area contributed by atoms with Crippen LogP contribution in [0.5, 0.6) is 0 Å². The third kappa shape index (κ3) is 5.41. The van der Waals surface area contributed by atoms with E-state index >= 15 is 0 Å². The first-order chi connectivity index (χ1) is 20.6. The molecule has 4 aromatic rings. The van der Waals surface area contributed by atoms with E-state index < -0.39 is 12.1 Å². The number of rotatable bonds is 11. The highest BCUT2D eigenvalue weighted by Crippen LogP contribution is 2.51. The van der Waals surface area contributed by atoms with Crippen molar-refractivity contribution in [2.24, 2.45) is 0 Å². The number of nitrogens with zero attached hydrogens (tertiary/aromatic N) is 2. The molecule has 0 bridgehead atoms. The number of alkyl halides is 1. The van der Waals surface area contributed by atoms with Crippen LogP contribution in [0.15, 0.2) is 84.5 Å². The average molecular weight is 585 g/mol. The Labute approximate surface area is 250 Å². The fourth-order valence-electron chi connectivity index (χ4n) is 6.71. The molecule has 1 aliphatic carbocycles. The van der Waals surface area contributed by atoms with Crippen LogP contribution in [-0.4, -0.2) is 60.2 Å². The topological polar surface area (TPSA) is 66.4 Å². The van der Waals surface area contributed by atoms with Gasteiger partial charge in [0.15, 0.2) is 0 Å². The lowest BCUT2D eigenvalue weighted by atomic mass is 9.73. The van der Waals surface area contributed by atoms with Gasteiger partial charge in [-0.2, -0.15) is 0 Å². The predicted octanol–water partition coefficient (Wildman–Crippen LogP) is 5.96. The summed E-state index contributed by atoms with van der Waals surface area (Å²) in [5, 5.41) is 8.09. The van der Waals surface area contributed by atoms with Gasteiger partial charge in [0.1, 0.15) is 17.0 Å². The normalized spacial score (nSPS) is 16.1. The Hall–Kier alpha value is -3.75. The van der Waals surface area contributed by atoms with Crippen LogP contribution in [0.4, 0.5) is 4.39 Å². The first-order valence-electron chi connectivity index (χ1n) is 14.9. The molecule has 6 nitrogen and oxygen atoms in total. The number of halogens is 1. The van der Waals surface area contributed by atoms with Gasteiger partial charge in [0.25, 0.3) is 5.91 Å². The molecule has 0 atom stereocenters. The molecular formula is C34H37FN4O2S. The molecule has 2 amide bonds. The minimum atomic E-state index is -0.805. The summed E-state index contributed by atoms with van der Waals surface area (Å²) < 4.78 is 15.0. The van der Waals surface area contributed by atoms with Gasteiger partial charge in [0.05, 0.1) is 5.69 Å². The van der Waals surface area contributed by atoms with Crippen LogP contribution in [0.2, 0.25) is 0 Å². The number of carbonyl (C=O) groups excluding carboxylic acids is 2. The van der Waals surface area contributed by atoms with Gasteiger partial charge in [-0.05, 0) is 78.1 Å². The first kappa shape index (κ1) is 28.4. The number of likely N-dealkylation sites (tertiary alicyclic amines) is 1. The van der Waals surface area contributed by atoms with Crippen molar-refractivity contribution in [2.75, 3.05) is 32.9 Å². The van der Waals surface area contributed by atoms with E-state index in [1.54, 1.807) is 0 Å². The Bertz CT molecular complexity index is 1480. The van der Waals surface area contributed by atoms with Crippen LogP contribution < -0.4 is 10.6 Å². The zero-order valence-electron chi connectivity index (χ0n) is 23.7. The lowest BCUT2D eigenvalue weighted by molar-refractivity contribution is -0.125. The minimum Gasteiger partial charge on any atom is -0.352 e. The largest absolute Gasteiger partial charge is 0.352 e. The maximum atomic E-state index is 13.7. The van der Waals surface area contributed by atoms with Gasteiger partial charge in [0, 0.05) is 38.1 Å². The number of unbranched alkanes of at least 4 members (excludes halogenated alkanes) is 1. The summed E-state index contributed by atoms with van der Waals surface area (Å²) in [6.07, 6.45) is 8.28. The average Bonchev–Trinajstić information content (AvgIpc) is 3.78. The van der Waals surface area contributed by atoms with Crippen molar-refractivity contribution in [2.45, 2.75) is 43.6 Å². The van der Waals surface area contributed by atoms with Crippen molar-refractivity contribution in [3.63, 3.8) is 0 Å². The maximum absolute atomic E-state index is 13.7. The third-order valence-corrected chi connectivity index (χ3v) is 9.67. The Kier molecular flexibility index (Phi) is 8.53. The zero-order chi connectivity index (χ0) is 28.9. The summed E-state index contributed by atoms with van der Waals surface area (Å²) in [7, 11) is 0. The second-order valence-corrected chi connectivity index (χ2v) is 12.1. The molecule has 1 saturated heterocycles. The van der Waals surface area contributed by atoms with Gasteiger partial charge in [-0.25, -0.2) is 4.39 Å². The van der Waals surface area contributed by atoms with Crippen LogP contribution in [-0.2, 0) is 10.2 Å². The van der Waals surface area contributed by atoms with E-state index in [1.165, 1.54) is 11.3 Å². The number of amides is 2. The van der Waals surface area contributed by atoms with Crippen LogP contribution in [0.3, 0.4) is 0 Å². The number of fused-ring (bicyclic) bond motifs is 3. The highest BCUT2D eigenvalue weighted by molar-refractivity contribution is 7.12. The molecule has 8 heteroatoms. The highest BCUT2D eigenvalue weighted by Gasteiger charge is 2.48. The van der Waals surface area contributed by atoms with Crippen molar-refractivity contribution >= 4 is 23.2 Å². The van der Waals surface area contributed by atoms with Crippen LogP contribution in [0, 0.1) is 0 Å². The van der Waals surface area contributed by atoms with E-state index in [-0.39, 0.29) is 24.4 Å². The molecule has 2 N–H and O–H groups in total. The Balaban J connectivity index is 1.05. The van der Waals surface area contributed by atoms with Gasteiger partial charge in [-0.15, -0.1) is 11.3 Å². The standard InChI is InChI=1S/C34H37FN4O2S/c35-17-18-36-33(41)34(28-11-3-1-9-26(28)27-10-2-4-12-29(27)34)16-5-6-19-38-22-13-25(14-23-38)37-32(40)31-30(15-24-42-31)39-20-7-8-21-39/h1-4,7-12,15,20-21,24-25H,5-6,13-14,16-19,22-23H2,(H,36,41)(H,37,40). The Morgan fingerprint density at radius 3 is 2.24 bits per heavy atom. The van der Waals surface area contributed by atoms with Crippen molar-refractivity contribution in [3.05, 3.63) is 101 Å². The molecule has 42 heavy (non-hydrogen) atoms. The molecule has 6 rings (SSSR count). The smallest absolute Gasteiger partial charge is 0.263 e. The molecule has 0 saturated carbocycles. The van der Waals surface area contributed by atoms with Gasteiger partial charge in [-0.3, -0.25) is 9.59 Å². The van der Waals surface area contributed by atoms with Crippen molar-refractivity contribution in [1.29, 1.82) is 0 Å². The summed E-state index contributed by atoms with van der Waals surface area (Å²) in [6.45, 7) is 2.27. The number of aromatic nitrogens is 1.